The molecule has 0 bridgehead atoms. The molecule has 0 saturated carbocycles. The number of hydrogen-bond donors (Lipinski definition) is 2. The van der Waals surface area contributed by atoms with Crippen LogP contribution in [0, 0.1) is 10.1 Å². The minimum absolute atomic E-state index is 0.0647. The van der Waals surface area contributed by atoms with Crippen LogP contribution in [-0.4, -0.2) is 26.2 Å². The Kier molecular flexibility index (Phi) is 3.03. The topological polar surface area (TPSA) is 114 Å². The van der Waals surface area contributed by atoms with Gasteiger partial charge < -0.3 is 5.32 Å². The number of nitro groups is 1. The summed E-state index contributed by atoms with van der Waals surface area (Å²) in [6, 6.07) is 10.6. The highest BCUT2D eigenvalue weighted by atomic mass is 16.6. The van der Waals surface area contributed by atoms with Gasteiger partial charge in [-0.15, -0.1) is 5.10 Å². The summed E-state index contributed by atoms with van der Waals surface area (Å²) in [5.74, 6) is -0.375. The van der Waals surface area contributed by atoms with E-state index in [1.807, 2.05) is 0 Å². The molecule has 104 valence electrons. The average Bonchev–Trinajstić information content (AvgIpc) is 2.97. The van der Waals surface area contributed by atoms with Crippen molar-refractivity contribution in [3.63, 3.8) is 0 Å². The maximum absolute atomic E-state index is 12.1. The number of hydrogen-bond acceptors (Lipinski definition) is 5. The van der Waals surface area contributed by atoms with Gasteiger partial charge in [-0.25, -0.2) is 0 Å². The number of amides is 1. The molecule has 3 aromatic rings. The molecule has 3 rings (SSSR count). The number of benzene rings is 2. The number of non-ortho nitro benzene ring substituents is 1. The first-order chi connectivity index (χ1) is 10.1. The summed E-state index contributed by atoms with van der Waals surface area (Å²) in [6.45, 7) is 0. The lowest BCUT2D eigenvalue weighted by Crippen LogP contribution is -2.12. The lowest BCUT2D eigenvalue weighted by molar-refractivity contribution is -0.384. The van der Waals surface area contributed by atoms with Crippen LogP contribution in [0.4, 0.5) is 11.4 Å². The normalized spacial score (nSPS) is 10.5. The summed E-state index contributed by atoms with van der Waals surface area (Å²) < 4.78 is 0. The van der Waals surface area contributed by atoms with E-state index in [-0.39, 0.29) is 11.6 Å². The van der Waals surface area contributed by atoms with Crippen LogP contribution < -0.4 is 5.32 Å². The van der Waals surface area contributed by atoms with Crippen LogP contribution in [0.15, 0.2) is 42.5 Å². The molecule has 21 heavy (non-hydrogen) atoms. The molecular weight excluding hydrogens is 274 g/mol. The van der Waals surface area contributed by atoms with Gasteiger partial charge in [-0.3, -0.25) is 20.0 Å². The number of carbonyl (C=O) groups is 1. The second-order valence-corrected chi connectivity index (χ2v) is 4.27. The first-order valence-electron chi connectivity index (χ1n) is 6.01. The van der Waals surface area contributed by atoms with E-state index in [0.717, 1.165) is 0 Å². The van der Waals surface area contributed by atoms with Gasteiger partial charge in [-0.2, -0.15) is 0 Å². The number of rotatable bonds is 3. The fraction of sp³-hybridized carbons (Fsp3) is 0. The Morgan fingerprint density at radius 3 is 2.67 bits per heavy atom. The zero-order valence-corrected chi connectivity index (χ0v) is 10.6. The quantitative estimate of drug-likeness (QED) is 0.564. The third-order valence-electron chi connectivity index (χ3n) is 2.94. The monoisotopic (exact) mass is 283 g/mol. The zero-order valence-electron chi connectivity index (χ0n) is 10.6. The molecule has 2 aromatic carbocycles. The molecule has 0 aliphatic rings. The van der Waals surface area contributed by atoms with Gasteiger partial charge in [0.25, 0.3) is 11.6 Å². The number of nitrogens with one attached hydrogen (secondary N) is 2. The van der Waals surface area contributed by atoms with Crippen molar-refractivity contribution >= 4 is 28.3 Å². The summed E-state index contributed by atoms with van der Waals surface area (Å²) in [5.41, 5.74) is 2.03. The minimum Gasteiger partial charge on any atom is -0.320 e. The highest BCUT2D eigenvalue weighted by Crippen LogP contribution is 2.20. The Bertz CT molecular complexity index is 825. The standard InChI is InChI=1S/C13H9N5O3/c19-13(8-4-6-9(7-5-8)18(20)21)14-10-2-1-3-11-12(10)16-17-15-11/h1-7H,(H,14,19)(H,15,16,17). The van der Waals surface area contributed by atoms with E-state index in [2.05, 4.69) is 20.7 Å². The molecular formula is C13H9N5O3. The van der Waals surface area contributed by atoms with Gasteiger partial charge in [0.05, 0.1) is 16.1 Å². The number of H-pyrrole nitrogens is 1. The Hall–Kier alpha value is -3.29. The molecule has 0 saturated heterocycles. The molecule has 0 spiro atoms. The molecule has 0 radical (unpaired) electrons. The molecule has 0 aliphatic heterocycles. The number of nitrogens with zero attached hydrogens (tertiary/aromatic N) is 3. The van der Waals surface area contributed by atoms with Crippen molar-refractivity contribution in [2.75, 3.05) is 5.32 Å². The first-order valence-corrected chi connectivity index (χ1v) is 6.01. The van der Waals surface area contributed by atoms with Crippen molar-refractivity contribution in [2.24, 2.45) is 0 Å². The van der Waals surface area contributed by atoms with E-state index >= 15 is 0 Å². The van der Waals surface area contributed by atoms with Gasteiger partial charge >= 0.3 is 0 Å². The van der Waals surface area contributed by atoms with Gasteiger partial charge in [-0.05, 0) is 24.3 Å². The van der Waals surface area contributed by atoms with Gasteiger partial charge in [0.15, 0.2) is 0 Å². The van der Waals surface area contributed by atoms with Crippen molar-refractivity contribution in [2.45, 2.75) is 0 Å². The summed E-state index contributed by atoms with van der Waals surface area (Å²) in [5, 5.41) is 23.6. The lowest BCUT2D eigenvalue weighted by atomic mass is 10.2. The SMILES string of the molecule is O=C(Nc1cccc2[nH]nnc12)c1ccc([N+](=O)[O-])cc1. The van der Waals surface area contributed by atoms with Crippen molar-refractivity contribution in [1.29, 1.82) is 0 Å². The van der Waals surface area contributed by atoms with E-state index in [9.17, 15) is 14.9 Å². The number of fused-ring (bicyclic) bond motifs is 1. The summed E-state index contributed by atoms with van der Waals surface area (Å²) >= 11 is 0. The lowest BCUT2D eigenvalue weighted by Gasteiger charge is -2.05. The van der Waals surface area contributed by atoms with Crippen LogP contribution in [-0.2, 0) is 0 Å². The molecule has 0 aliphatic carbocycles. The Balaban J connectivity index is 1.86. The molecule has 1 heterocycles. The maximum Gasteiger partial charge on any atom is 0.269 e. The van der Waals surface area contributed by atoms with E-state index in [1.54, 1.807) is 18.2 Å². The Morgan fingerprint density at radius 2 is 1.95 bits per heavy atom. The molecule has 0 fully saturated rings. The van der Waals surface area contributed by atoms with E-state index in [0.29, 0.717) is 22.3 Å². The molecule has 1 amide bonds. The predicted octanol–water partition coefficient (Wildman–Crippen LogP) is 2.12. The summed E-state index contributed by atoms with van der Waals surface area (Å²) in [7, 11) is 0. The maximum atomic E-state index is 12.1. The smallest absolute Gasteiger partial charge is 0.269 e. The van der Waals surface area contributed by atoms with Crippen molar-refractivity contribution in [1.82, 2.24) is 15.4 Å². The molecule has 8 heteroatoms. The van der Waals surface area contributed by atoms with Crippen LogP contribution in [0.5, 0.6) is 0 Å². The number of anilines is 1. The number of nitro benzene ring substituents is 1. The van der Waals surface area contributed by atoms with Crippen molar-refractivity contribution in [3.05, 3.63) is 58.1 Å². The van der Waals surface area contributed by atoms with E-state index in [4.69, 9.17) is 0 Å². The van der Waals surface area contributed by atoms with Crippen LogP contribution in [0.3, 0.4) is 0 Å². The first kappa shape index (κ1) is 12.7. The third-order valence-corrected chi connectivity index (χ3v) is 2.94. The molecule has 2 N–H and O–H groups in total. The average molecular weight is 283 g/mol. The number of aromatic nitrogens is 3. The van der Waals surface area contributed by atoms with Crippen LogP contribution in [0.2, 0.25) is 0 Å². The Morgan fingerprint density at radius 1 is 1.19 bits per heavy atom. The second kappa shape index (κ2) is 5.00. The van der Waals surface area contributed by atoms with Gasteiger partial charge in [0, 0.05) is 17.7 Å². The largest absolute Gasteiger partial charge is 0.320 e. The van der Waals surface area contributed by atoms with Crippen molar-refractivity contribution in [3.8, 4) is 0 Å². The van der Waals surface area contributed by atoms with Crippen LogP contribution >= 0.6 is 0 Å². The second-order valence-electron chi connectivity index (χ2n) is 4.27. The molecule has 0 unspecified atom stereocenters. The predicted molar refractivity (Wildman–Crippen MR) is 74.9 cm³/mol. The van der Waals surface area contributed by atoms with Gasteiger partial charge in [0.2, 0.25) is 0 Å². The number of carbonyl (C=O) groups excluding carboxylic acids is 1. The third kappa shape index (κ3) is 2.41. The molecule has 1 aromatic heterocycles. The fourth-order valence-electron chi connectivity index (χ4n) is 1.90. The van der Waals surface area contributed by atoms with Gasteiger partial charge in [0.1, 0.15) is 5.52 Å². The summed E-state index contributed by atoms with van der Waals surface area (Å²) in [6.07, 6.45) is 0. The van der Waals surface area contributed by atoms with Gasteiger partial charge in [-0.1, -0.05) is 11.3 Å². The fourth-order valence-corrected chi connectivity index (χ4v) is 1.90. The highest BCUT2D eigenvalue weighted by molar-refractivity contribution is 6.07. The zero-order chi connectivity index (χ0) is 14.8. The summed E-state index contributed by atoms with van der Waals surface area (Å²) in [4.78, 5) is 22.2. The molecule has 0 atom stereocenters. The van der Waals surface area contributed by atoms with E-state index in [1.165, 1.54) is 24.3 Å². The van der Waals surface area contributed by atoms with Crippen LogP contribution in [0.1, 0.15) is 10.4 Å². The highest BCUT2D eigenvalue weighted by Gasteiger charge is 2.12. The minimum atomic E-state index is -0.516. The Labute approximate surface area is 117 Å². The van der Waals surface area contributed by atoms with Crippen LogP contribution in [0.25, 0.3) is 11.0 Å². The van der Waals surface area contributed by atoms with Crippen molar-refractivity contribution < 1.29 is 9.72 Å². The number of aromatic amines is 1. The molecule has 8 nitrogen and oxygen atoms in total. The van der Waals surface area contributed by atoms with E-state index < -0.39 is 4.92 Å².